The van der Waals surface area contributed by atoms with E-state index in [1.807, 2.05) is 0 Å². The van der Waals surface area contributed by atoms with E-state index in [1.165, 1.54) is 0 Å². The molecule has 1 aromatic rings. The van der Waals surface area contributed by atoms with E-state index >= 15 is 0 Å². The van der Waals surface area contributed by atoms with Gasteiger partial charge in [0, 0.05) is 22.8 Å². The van der Waals surface area contributed by atoms with Crippen molar-refractivity contribution in [3.8, 4) is 0 Å². The molecule has 0 aromatic carbocycles. The van der Waals surface area contributed by atoms with Crippen LogP contribution in [0.5, 0.6) is 0 Å². The van der Waals surface area contributed by atoms with E-state index in [2.05, 4.69) is 20.9 Å². The lowest BCUT2D eigenvalue weighted by molar-refractivity contribution is 0.0665. The fourth-order valence-electron chi connectivity index (χ4n) is 0.910. The summed E-state index contributed by atoms with van der Waals surface area (Å²) in [5.41, 5.74) is 4.81. The maximum atomic E-state index is 9.83. The number of hydrogen-bond acceptors (Lipinski definition) is 3. The summed E-state index contributed by atoms with van der Waals surface area (Å²) in [6.07, 6.45) is 1.57. The van der Waals surface area contributed by atoms with E-state index in [9.17, 15) is 5.11 Å². The van der Waals surface area contributed by atoms with Crippen molar-refractivity contribution in [2.24, 2.45) is 5.73 Å². The highest BCUT2D eigenvalue weighted by molar-refractivity contribution is 9.10. The molecular weight excluding hydrogens is 255 g/mol. The highest BCUT2D eigenvalue weighted by atomic mass is 79.9. The minimum absolute atomic E-state index is 0.102. The molecule has 3 N–H and O–H groups in total. The third-order valence-electron chi connectivity index (χ3n) is 1.78. The number of nitrogens with zero attached hydrogens (tertiary/aromatic N) is 1. The molecule has 13 heavy (non-hydrogen) atoms. The molecule has 1 atom stereocenters. The highest BCUT2D eigenvalue weighted by Crippen LogP contribution is 2.27. The molecule has 1 unspecified atom stereocenters. The van der Waals surface area contributed by atoms with Crippen LogP contribution in [0.15, 0.2) is 16.7 Å². The Kier molecular flexibility index (Phi) is 3.29. The van der Waals surface area contributed by atoms with Gasteiger partial charge in [0.2, 0.25) is 0 Å². The molecule has 3 nitrogen and oxygen atoms in total. The summed E-state index contributed by atoms with van der Waals surface area (Å²) in [5.74, 6) is 0. The minimum atomic E-state index is -1.13. The SMILES string of the molecule is CC(O)(CN)c1cc(Br)cnc1Cl. The quantitative estimate of drug-likeness (QED) is 0.800. The van der Waals surface area contributed by atoms with E-state index in [0.717, 1.165) is 4.47 Å². The maximum absolute atomic E-state index is 9.83. The number of halogens is 2. The zero-order valence-corrected chi connectivity index (χ0v) is 9.43. The van der Waals surface area contributed by atoms with Crippen LogP contribution in [0.3, 0.4) is 0 Å². The van der Waals surface area contributed by atoms with Crippen LogP contribution in [0.4, 0.5) is 0 Å². The molecule has 5 heteroatoms. The van der Waals surface area contributed by atoms with Crippen molar-refractivity contribution in [2.45, 2.75) is 12.5 Å². The van der Waals surface area contributed by atoms with Gasteiger partial charge >= 0.3 is 0 Å². The van der Waals surface area contributed by atoms with Gasteiger partial charge in [0.25, 0.3) is 0 Å². The van der Waals surface area contributed by atoms with Gasteiger partial charge in [-0.1, -0.05) is 11.6 Å². The molecule has 0 amide bonds. The lowest BCUT2D eigenvalue weighted by Gasteiger charge is -2.22. The molecule has 0 saturated carbocycles. The van der Waals surface area contributed by atoms with Crippen molar-refractivity contribution in [3.05, 3.63) is 27.5 Å². The van der Waals surface area contributed by atoms with E-state index < -0.39 is 5.60 Å². The second kappa shape index (κ2) is 3.92. The van der Waals surface area contributed by atoms with Gasteiger partial charge < -0.3 is 10.8 Å². The Labute approximate surface area is 90.1 Å². The average molecular weight is 266 g/mol. The summed E-state index contributed by atoms with van der Waals surface area (Å²) in [6.45, 7) is 1.70. The Hall–Kier alpha value is -0.160. The van der Waals surface area contributed by atoms with Gasteiger partial charge in [-0.15, -0.1) is 0 Å². The topological polar surface area (TPSA) is 59.1 Å². The second-order valence-electron chi connectivity index (χ2n) is 2.97. The molecule has 0 fully saturated rings. The van der Waals surface area contributed by atoms with Crippen molar-refractivity contribution >= 4 is 27.5 Å². The summed E-state index contributed by atoms with van der Waals surface area (Å²) in [6, 6.07) is 1.71. The number of aromatic nitrogens is 1. The van der Waals surface area contributed by atoms with Gasteiger partial charge in [-0.05, 0) is 28.9 Å². The molecule has 0 saturated heterocycles. The Morgan fingerprint density at radius 3 is 2.92 bits per heavy atom. The van der Waals surface area contributed by atoms with E-state index in [4.69, 9.17) is 17.3 Å². The molecule has 0 aliphatic carbocycles. The number of pyridine rings is 1. The van der Waals surface area contributed by atoms with Crippen LogP contribution in [-0.4, -0.2) is 16.6 Å². The molecule has 0 aliphatic heterocycles. The van der Waals surface area contributed by atoms with Gasteiger partial charge in [0.15, 0.2) is 0 Å². The van der Waals surface area contributed by atoms with Crippen LogP contribution in [0.2, 0.25) is 5.15 Å². The fraction of sp³-hybridized carbons (Fsp3) is 0.375. The van der Waals surface area contributed by atoms with E-state index in [0.29, 0.717) is 5.56 Å². The minimum Gasteiger partial charge on any atom is -0.384 e. The van der Waals surface area contributed by atoms with Gasteiger partial charge in [-0.25, -0.2) is 4.98 Å². The highest BCUT2D eigenvalue weighted by Gasteiger charge is 2.24. The van der Waals surface area contributed by atoms with Crippen LogP contribution in [0, 0.1) is 0 Å². The summed E-state index contributed by atoms with van der Waals surface area (Å²) in [4.78, 5) is 3.90. The third kappa shape index (κ3) is 2.40. The normalized spacial score (nSPS) is 15.5. The van der Waals surface area contributed by atoms with Crippen LogP contribution in [0.1, 0.15) is 12.5 Å². The maximum Gasteiger partial charge on any atom is 0.135 e. The molecule has 0 spiro atoms. The monoisotopic (exact) mass is 264 g/mol. The van der Waals surface area contributed by atoms with Crippen LogP contribution >= 0.6 is 27.5 Å². The first-order valence-electron chi connectivity index (χ1n) is 3.71. The third-order valence-corrected chi connectivity index (χ3v) is 2.52. The molecule has 0 aliphatic rings. The summed E-state index contributed by atoms with van der Waals surface area (Å²) in [5, 5.41) is 10.1. The van der Waals surface area contributed by atoms with Crippen LogP contribution < -0.4 is 5.73 Å². The first kappa shape index (κ1) is 10.9. The molecule has 1 rings (SSSR count). The Bertz CT molecular complexity index is 317. The van der Waals surface area contributed by atoms with Gasteiger partial charge in [0.05, 0.1) is 0 Å². The molecule has 0 radical (unpaired) electrons. The largest absolute Gasteiger partial charge is 0.384 e. The Balaban J connectivity index is 3.20. The zero-order valence-electron chi connectivity index (χ0n) is 7.09. The number of rotatable bonds is 2. The summed E-state index contributed by atoms with van der Waals surface area (Å²) < 4.78 is 0.764. The van der Waals surface area contributed by atoms with Crippen molar-refractivity contribution < 1.29 is 5.11 Å². The van der Waals surface area contributed by atoms with Crippen molar-refractivity contribution in [2.75, 3.05) is 6.54 Å². The first-order chi connectivity index (χ1) is 5.97. The van der Waals surface area contributed by atoms with Gasteiger partial charge in [-0.3, -0.25) is 0 Å². The number of hydrogen-bond donors (Lipinski definition) is 2. The second-order valence-corrected chi connectivity index (χ2v) is 4.24. The van der Waals surface area contributed by atoms with E-state index in [-0.39, 0.29) is 11.7 Å². The predicted molar refractivity (Wildman–Crippen MR) is 55.6 cm³/mol. The standard InChI is InChI=1S/C8H10BrClN2O/c1-8(13,4-11)6-2-5(9)3-12-7(6)10/h2-3,13H,4,11H2,1H3. The number of nitrogens with two attached hydrogens (primary N) is 1. The zero-order chi connectivity index (χ0) is 10.1. The molecule has 1 heterocycles. The molecule has 0 bridgehead atoms. The summed E-state index contributed by atoms with van der Waals surface area (Å²) >= 11 is 9.06. The Morgan fingerprint density at radius 2 is 2.38 bits per heavy atom. The van der Waals surface area contributed by atoms with Crippen molar-refractivity contribution in [3.63, 3.8) is 0 Å². The van der Waals surface area contributed by atoms with Crippen LogP contribution in [0.25, 0.3) is 0 Å². The lowest BCUT2D eigenvalue weighted by Crippen LogP contribution is -2.31. The fourth-order valence-corrected chi connectivity index (χ4v) is 1.55. The Morgan fingerprint density at radius 1 is 1.77 bits per heavy atom. The predicted octanol–water partition coefficient (Wildman–Crippen LogP) is 1.66. The van der Waals surface area contributed by atoms with Gasteiger partial charge in [0.1, 0.15) is 10.8 Å². The number of aliphatic hydroxyl groups is 1. The van der Waals surface area contributed by atoms with Crippen molar-refractivity contribution in [1.82, 2.24) is 4.98 Å². The smallest absolute Gasteiger partial charge is 0.135 e. The average Bonchev–Trinajstić information content (AvgIpc) is 2.09. The van der Waals surface area contributed by atoms with Crippen molar-refractivity contribution in [1.29, 1.82) is 0 Å². The first-order valence-corrected chi connectivity index (χ1v) is 4.88. The molecule has 72 valence electrons. The van der Waals surface area contributed by atoms with E-state index in [1.54, 1.807) is 19.2 Å². The van der Waals surface area contributed by atoms with Crippen LogP contribution in [-0.2, 0) is 5.60 Å². The van der Waals surface area contributed by atoms with Gasteiger partial charge in [-0.2, -0.15) is 0 Å². The summed E-state index contributed by atoms with van der Waals surface area (Å²) in [7, 11) is 0. The lowest BCUT2D eigenvalue weighted by atomic mass is 9.98. The molecule has 1 aromatic heterocycles. The molecular formula is C8H10BrClN2O.